The normalized spacial score (nSPS) is 18.2. The maximum atomic E-state index is 11.6. The minimum Gasteiger partial charge on any atom is -0.493 e. The van der Waals surface area contributed by atoms with Crippen LogP contribution in [0.1, 0.15) is 12.0 Å². The molecule has 0 aromatic heterocycles. The molecule has 1 saturated heterocycles. The molecule has 0 radical (unpaired) electrons. The molecule has 26 heavy (non-hydrogen) atoms. The number of carbonyl (C=O) groups is 2. The van der Waals surface area contributed by atoms with Crippen molar-refractivity contribution >= 4 is 46.6 Å². The molecule has 2 rings (SSSR count). The first-order valence-corrected chi connectivity index (χ1v) is 8.62. The van der Waals surface area contributed by atoms with E-state index in [0.29, 0.717) is 28.7 Å². The SMILES string of the molecule is C=CCOc1cc(Cl)c(C=NN=C2NC(=O)C(CC(=O)O)S2)cc1OC. The summed E-state index contributed by atoms with van der Waals surface area (Å²) in [4.78, 5) is 22.3. The molecule has 1 atom stereocenters. The fraction of sp³-hybridized carbons (Fsp3) is 0.250. The Hall–Kier alpha value is -2.52. The second-order valence-corrected chi connectivity index (χ2v) is 6.57. The number of nitrogens with one attached hydrogen (secondary N) is 1. The third kappa shape index (κ3) is 5.24. The summed E-state index contributed by atoms with van der Waals surface area (Å²) in [5.74, 6) is -0.527. The number of nitrogens with zero attached hydrogens (tertiary/aromatic N) is 2. The van der Waals surface area contributed by atoms with Crippen LogP contribution in [0.25, 0.3) is 0 Å². The Morgan fingerprint density at radius 3 is 2.92 bits per heavy atom. The highest BCUT2D eigenvalue weighted by atomic mass is 35.5. The number of rotatable bonds is 8. The van der Waals surface area contributed by atoms with Crippen LogP contribution in [-0.2, 0) is 9.59 Å². The van der Waals surface area contributed by atoms with E-state index >= 15 is 0 Å². The molecule has 1 aliphatic heterocycles. The van der Waals surface area contributed by atoms with Crippen molar-refractivity contribution in [3.8, 4) is 11.5 Å². The Kier molecular flexibility index (Phi) is 7.05. The van der Waals surface area contributed by atoms with Crippen LogP contribution in [0, 0.1) is 0 Å². The molecule has 1 fully saturated rings. The molecule has 1 aliphatic rings. The van der Waals surface area contributed by atoms with Crippen molar-refractivity contribution in [1.29, 1.82) is 0 Å². The summed E-state index contributed by atoms with van der Waals surface area (Å²) in [6, 6.07) is 3.23. The topological polar surface area (TPSA) is 110 Å². The molecule has 0 aliphatic carbocycles. The summed E-state index contributed by atoms with van der Waals surface area (Å²) < 4.78 is 10.7. The van der Waals surface area contributed by atoms with Gasteiger partial charge in [-0.1, -0.05) is 36.0 Å². The van der Waals surface area contributed by atoms with Crippen molar-refractivity contribution in [2.45, 2.75) is 11.7 Å². The van der Waals surface area contributed by atoms with Crippen molar-refractivity contribution in [1.82, 2.24) is 5.32 Å². The van der Waals surface area contributed by atoms with Gasteiger partial charge in [-0.2, -0.15) is 5.10 Å². The van der Waals surface area contributed by atoms with Gasteiger partial charge in [-0.3, -0.25) is 9.59 Å². The highest BCUT2D eigenvalue weighted by Crippen LogP contribution is 2.32. The summed E-state index contributed by atoms with van der Waals surface area (Å²) in [5.41, 5.74) is 0.537. The van der Waals surface area contributed by atoms with E-state index in [2.05, 4.69) is 22.1 Å². The van der Waals surface area contributed by atoms with Crippen LogP contribution in [0.2, 0.25) is 5.02 Å². The summed E-state index contributed by atoms with van der Waals surface area (Å²) >= 11 is 7.21. The Bertz CT molecular complexity index is 781. The molecular weight excluding hydrogens is 382 g/mol. The maximum Gasteiger partial charge on any atom is 0.305 e. The smallest absolute Gasteiger partial charge is 0.305 e. The van der Waals surface area contributed by atoms with E-state index in [1.165, 1.54) is 13.3 Å². The summed E-state index contributed by atoms with van der Waals surface area (Å²) in [7, 11) is 1.50. The Labute approximate surface area is 158 Å². The Morgan fingerprint density at radius 2 is 2.27 bits per heavy atom. The number of halogens is 1. The average molecular weight is 398 g/mol. The second-order valence-electron chi connectivity index (χ2n) is 4.97. The molecule has 0 saturated carbocycles. The molecular formula is C16H16ClN3O5S. The van der Waals surface area contributed by atoms with Gasteiger partial charge in [-0.15, -0.1) is 5.10 Å². The van der Waals surface area contributed by atoms with E-state index in [-0.39, 0.29) is 11.6 Å². The van der Waals surface area contributed by atoms with Crippen molar-refractivity contribution < 1.29 is 24.2 Å². The second kappa shape index (κ2) is 9.25. The molecule has 138 valence electrons. The molecule has 1 amide bonds. The highest BCUT2D eigenvalue weighted by Gasteiger charge is 2.32. The zero-order valence-corrected chi connectivity index (χ0v) is 15.3. The number of ether oxygens (including phenoxy) is 2. The van der Waals surface area contributed by atoms with Gasteiger partial charge in [0.1, 0.15) is 11.9 Å². The van der Waals surface area contributed by atoms with Gasteiger partial charge in [0.05, 0.1) is 24.8 Å². The zero-order chi connectivity index (χ0) is 19.1. The lowest BCUT2D eigenvalue weighted by Gasteiger charge is -2.11. The van der Waals surface area contributed by atoms with Gasteiger partial charge in [-0.25, -0.2) is 0 Å². The van der Waals surface area contributed by atoms with Gasteiger partial charge in [0.25, 0.3) is 0 Å². The summed E-state index contributed by atoms with van der Waals surface area (Å²) in [6.07, 6.45) is 2.71. The average Bonchev–Trinajstić information content (AvgIpc) is 2.93. The van der Waals surface area contributed by atoms with Crippen LogP contribution < -0.4 is 14.8 Å². The Morgan fingerprint density at radius 1 is 1.50 bits per heavy atom. The van der Waals surface area contributed by atoms with Crippen molar-refractivity contribution in [2.75, 3.05) is 13.7 Å². The molecule has 1 unspecified atom stereocenters. The van der Waals surface area contributed by atoms with Crippen molar-refractivity contribution in [3.63, 3.8) is 0 Å². The number of carboxylic acids is 1. The summed E-state index contributed by atoms with van der Waals surface area (Å²) in [6.45, 7) is 3.88. The number of hydrogen-bond acceptors (Lipinski definition) is 7. The molecule has 1 aromatic carbocycles. The third-order valence-electron chi connectivity index (χ3n) is 3.12. The van der Waals surface area contributed by atoms with E-state index in [1.807, 2.05) is 0 Å². The predicted octanol–water partition coefficient (Wildman–Crippen LogP) is 2.31. The van der Waals surface area contributed by atoms with Crippen LogP contribution in [0.5, 0.6) is 11.5 Å². The molecule has 0 spiro atoms. The minimum absolute atomic E-state index is 0.228. The van der Waals surface area contributed by atoms with Crippen LogP contribution in [-0.4, -0.2) is 47.3 Å². The maximum absolute atomic E-state index is 11.6. The first kappa shape index (κ1) is 19.8. The molecule has 2 N–H and O–H groups in total. The van der Waals surface area contributed by atoms with Crippen LogP contribution in [0.3, 0.4) is 0 Å². The number of amidine groups is 1. The molecule has 0 bridgehead atoms. The van der Waals surface area contributed by atoms with E-state index < -0.39 is 17.1 Å². The standard InChI is InChI=1S/C16H16ClN3O5S/c1-3-4-25-12-6-10(17)9(5-11(12)24-2)8-18-20-16-19-15(23)13(26-16)7-14(21)22/h3,5-6,8,13H,1,4,7H2,2H3,(H,21,22)(H,19,20,23). The monoisotopic (exact) mass is 397 g/mol. The number of thioether (sulfide) groups is 1. The lowest BCUT2D eigenvalue weighted by molar-refractivity contribution is -0.138. The fourth-order valence-corrected chi connectivity index (χ4v) is 3.08. The number of hydrogen-bond donors (Lipinski definition) is 2. The molecule has 1 aromatic rings. The van der Waals surface area contributed by atoms with Gasteiger partial charge in [0.2, 0.25) is 5.91 Å². The van der Waals surface area contributed by atoms with E-state index in [9.17, 15) is 9.59 Å². The number of methoxy groups -OCH3 is 1. The molecule has 8 nitrogen and oxygen atoms in total. The van der Waals surface area contributed by atoms with Gasteiger partial charge in [0, 0.05) is 11.6 Å². The first-order chi connectivity index (χ1) is 12.4. The molecule has 10 heteroatoms. The zero-order valence-electron chi connectivity index (χ0n) is 13.8. The van der Waals surface area contributed by atoms with E-state index in [4.69, 9.17) is 26.2 Å². The lowest BCUT2D eigenvalue weighted by Crippen LogP contribution is -2.26. The number of aliphatic carboxylic acids is 1. The van der Waals surface area contributed by atoms with Crippen LogP contribution in [0.4, 0.5) is 0 Å². The highest BCUT2D eigenvalue weighted by molar-refractivity contribution is 8.15. The van der Waals surface area contributed by atoms with Gasteiger partial charge in [-0.05, 0) is 6.07 Å². The number of amides is 1. The van der Waals surface area contributed by atoms with Gasteiger partial charge >= 0.3 is 5.97 Å². The largest absolute Gasteiger partial charge is 0.493 e. The predicted molar refractivity (Wildman–Crippen MR) is 100 cm³/mol. The third-order valence-corrected chi connectivity index (χ3v) is 4.52. The van der Waals surface area contributed by atoms with Gasteiger partial charge in [0.15, 0.2) is 16.7 Å². The lowest BCUT2D eigenvalue weighted by atomic mass is 10.2. The summed E-state index contributed by atoms with van der Waals surface area (Å²) in [5, 5.41) is 18.9. The molecule has 1 heterocycles. The quantitative estimate of drug-likeness (QED) is 0.395. The number of benzene rings is 1. The van der Waals surface area contributed by atoms with E-state index in [1.54, 1.807) is 18.2 Å². The Balaban J connectivity index is 2.11. The van der Waals surface area contributed by atoms with Gasteiger partial charge < -0.3 is 19.9 Å². The van der Waals surface area contributed by atoms with Crippen molar-refractivity contribution in [2.24, 2.45) is 10.2 Å². The first-order valence-electron chi connectivity index (χ1n) is 7.36. The minimum atomic E-state index is -1.06. The fourth-order valence-electron chi connectivity index (χ4n) is 1.96. The number of carboxylic acid groups (broad SMARTS) is 1. The van der Waals surface area contributed by atoms with Crippen LogP contribution in [0.15, 0.2) is 35.0 Å². The van der Waals surface area contributed by atoms with Crippen molar-refractivity contribution in [3.05, 3.63) is 35.4 Å². The van der Waals surface area contributed by atoms with E-state index in [0.717, 1.165) is 11.8 Å². The van der Waals surface area contributed by atoms with Crippen LogP contribution >= 0.6 is 23.4 Å². The number of carbonyl (C=O) groups excluding carboxylic acids is 1.